The normalized spacial score (nSPS) is 15.6. The summed E-state index contributed by atoms with van der Waals surface area (Å²) >= 11 is 0. The molecule has 2 aromatic rings. The molecule has 1 saturated heterocycles. The second-order valence-electron chi connectivity index (χ2n) is 9.71. The lowest BCUT2D eigenvalue weighted by atomic mass is 9.93. The lowest BCUT2D eigenvalue weighted by molar-refractivity contribution is -0.139. The van der Waals surface area contributed by atoms with Crippen molar-refractivity contribution in [1.29, 1.82) is 0 Å². The zero-order chi connectivity index (χ0) is 24.8. The number of likely N-dealkylation sites (tertiary alicyclic amines) is 1. The highest BCUT2D eigenvalue weighted by Crippen LogP contribution is 2.44. The van der Waals surface area contributed by atoms with Crippen molar-refractivity contribution < 1.29 is 24.2 Å². The van der Waals surface area contributed by atoms with Crippen molar-refractivity contribution in [1.82, 2.24) is 10.2 Å². The van der Waals surface area contributed by atoms with Gasteiger partial charge in [0, 0.05) is 37.9 Å². The van der Waals surface area contributed by atoms with Crippen LogP contribution in [-0.2, 0) is 14.3 Å². The van der Waals surface area contributed by atoms with Crippen molar-refractivity contribution in [2.24, 2.45) is 5.92 Å². The first-order chi connectivity index (χ1) is 16.9. The molecule has 0 bridgehead atoms. The number of carbonyl (C=O) groups excluding carboxylic acids is 2. The van der Waals surface area contributed by atoms with Gasteiger partial charge in [0.1, 0.15) is 6.61 Å². The molecule has 1 aliphatic carbocycles. The van der Waals surface area contributed by atoms with Gasteiger partial charge >= 0.3 is 12.1 Å². The molecule has 2 amide bonds. The number of ether oxygens (including phenoxy) is 1. The maximum absolute atomic E-state index is 12.4. The van der Waals surface area contributed by atoms with Gasteiger partial charge in [-0.2, -0.15) is 0 Å². The van der Waals surface area contributed by atoms with E-state index in [1.807, 2.05) is 36.1 Å². The van der Waals surface area contributed by atoms with Gasteiger partial charge in [-0.05, 0) is 60.8 Å². The summed E-state index contributed by atoms with van der Waals surface area (Å²) < 4.78 is 5.60. The van der Waals surface area contributed by atoms with Crippen LogP contribution in [0, 0.1) is 5.92 Å². The first-order valence-electron chi connectivity index (χ1n) is 12.5. The van der Waals surface area contributed by atoms with Gasteiger partial charge in [-0.1, -0.05) is 48.5 Å². The van der Waals surface area contributed by atoms with E-state index in [2.05, 4.69) is 29.6 Å². The minimum atomic E-state index is -0.766. The summed E-state index contributed by atoms with van der Waals surface area (Å²) in [6, 6.07) is 16.4. The Bertz CT molecular complexity index is 1020. The van der Waals surface area contributed by atoms with Crippen LogP contribution < -0.4 is 5.32 Å². The van der Waals surface area contributed by atoms with Crippen LogP contribution in [0.3, 0.4) is 0 Å². The van der Waals surface area contributed by atoms with Gasteiger partial charge in [-0.15, -0.1) is 0 Å². The Morgan fingerprint density at radius 2 is 1.63 bits per heavy atom. The van der Waals surface area contributed by atoms with Crippen molar-refractivity contribution in [3.05, 3.63) is 59.7 Å². The highest BCUT2D eigenvalue weighted by Gasteiger charge is 2.30. The summed E-state index contributed by atoms with van der Waals surface area (Å²) in [5, 5.41) is 11.6. The van der Waals surface area contributed by atoms with E-state index in [4.69, 9.17) is 9.84 Å². The molecule has 7 nitrogen and oxygen atoms in total. The van der Waals surface area contributed by atoms with Crippen LogP contribution in [0.15, 0.2) is 48.5 Å². The molecule has 0 saturated carbocycles. The maximum atomic E-state index is 12.4. The van der Waals surface area contributed by atoms with Gasteiger partial charge in [0.15, 0.2) is 0 Å². The average molecular weight is 479 g/mol. The number of nitrogens with zero attached hydrogens (tertiary/aromatic N) is 1. The summed E-state index contributed by atoms with van der Waals surface area (Å²) in [6.45, 7) is 3.67. The number of nitrogens with one attached hydrogen (secondary N) is 1. The average Bonchev–Trinajstić information content (AvgIpc) is 3.12. The number of alkyl carbamates (subject to hydrolysis) is 1. The monoisotopic (exact) mass is 478 g/mol. The smallest absolute Gasteiger partial charge is 0.407 e. The van der Waals surface area contributed by atoms with E-state index in [1.165, 1.54) is 22.3 Å². The van der Waals surface area contributed by atoms with Crippen molar-refractivity contribution in [2.75, 3.05) is 19.7 Å². The van der Waals surface area contributed by atoms with Crippen LogP contribution in [0.2, 0.25) is 0 Å². The number of carbonyl (C=O) groups is 3. The fourth-order valence-electron chi connectivity index (χ4n) is 5.13. The third kappa shape index (κ3) is 6.21. The Kier molecular flexibility index (Phi) is 8.06. The molecule has 186 valence electrons. The zero-order valence-electron chi connectivity index (χ0n) is 20.2. The van der Waals surface area contributed by atoms with Crippen LogP contribution in [0.25, 0.3) is 11.1 Å². The Labute approximate surface area is 206 Å². The SMILES string of the molecule is CC(CCCC(=O)N1CC(CCCC(=O)O)C1)NC(=O)OCC1c2ccccc2-c2ccccc21. The molecule has 0 radical (unpaired) electrons. The van der Waals surface area contributed by atoms with E-state index in [9.17, 15) is 14.4 Å². The predicted octanol–water partition coefficient (Wildman–Crippen LogP) is 4.80. The van der Waals surface area contributed by atoms with Crippen molar-refractivity contribution in [3.8, 4) is 11.1 Å². The fourth-order valence-corrected chi connectivity index (χ4v) is 5.13. The number of hydrogen-bond acceptors (Lipinski definition) is 4. The standard InChI is InChI=1S/C28H34N2O5/c1-19(8-6-14-26(31)30-16-20(17-30)9-7-15-27(32)33)29-28(34)35-18-25-23-12-4-2-10-21(23)22-11-3-5-13-24(22)25/h2-5,10-13,19-20,25H,6-9,14-18H2,1H3,(H,29,34)(H,32,33). The summed E-state index contributed by atoms with van der Waals surface area (Å²) in [6.07, 6.45) is 3.14. The number of amides is 2. The van der Waals surface area contributed by atoms with E-state index in [-0.39, 0.29) is 30.9 Å². The predicted molar refractivity (Wildman–Crippen MR) is 133 cm³/mol. The first kappa shape index (κ1) is 24.8. The Hall–Kier alpha value is -3.35. The molecular formula is C28H34N2O5. The third-order valence-corrected chi connectivity index (χ3v) is 7.05. The van der Waals surface area contributed by atoms with E-state index >= 15 is 0 Å². The van der Waals surface area contributed by atoms with Gasteiger partial charge < -0.3 is 20.1 Å². The number of aliphatic carboxylic acids is 1. The van der Waals surface area contributed by atoms with Gasteiger partial charge in [-0.3, -0.25) is 9.59 Å². The molecule has 2 aromatic carbocycles. The highest BCUT2D eigenvalue weighted by molar-refractivity contribution is 5.79. The molecule has 1 fully saturated rings. The minimum absolute atomic E-state index is 0.0329. The Balaban J connectivity index is 1.13. The quantitative estimate of drug-likeness (QED) is 0.484. The topological polar surface area (TPSA) is 95.9 Å². The number of rotatable bonds is 11. The summed E-state index contributed by atoms with van der Waals surface area (Å²) in [5.74, 6) is -0.177. The molecule has 0 spiro atoms. The summed E-state index contributed by atoms with van der Waals surface area (Å²) in [5.41, 5.74) is 4.76. The van der Waals surface area contributed by atoms with Crippen molar-refractivity contribution in [3.63, 3.8) is 0 Å². The molecule has 0 aromatic heterocycles. The molecule has 1 unspecified atom stereocenters. The minimum Gasteiger partial charge on any atom is -0.481 e. The number of benzene rings is 2. The fraction of sp³-hybridized carbons (Fsp3) is 0.464. The highest BCUT2D eigenvalue weighted by atomic mass is 16.5. The van der Waals surface area contributed by atoms with E-state index in [0.29, 0.717) is 31.6 Å². The van der Waals surface area contributed by atoms with E-state index in [0.717, 1.165) is 19.5 Å². The number of hydrogen-bond donors (Lipinski definition) is 2. The molecule has 2 N–H and O–H groups in total. The first-order valence-corrected chi connectivity index (χ1v) is 12.5. The van der Waals surface area contributed by atoms with Gasteiger partial charge in [0.2, 0.25) is 5.91 Å². The van der Waals surface area contributed by atoms with Gasteiger partial charge in [0.25, 0.3) is 0 Å². The van der Waals surface area contributed by atoms with Gasteiger partial charge in [-0.25, -0.2) is 4.79 Å². The van der Waals surface area contributed by atoms with E-state index in [1.54, 1.807) is 0 Å². The zero-order valence-corrected chi connectivity index (χ0v) is 20.2. The summed E-state index contributed by atoms with van der Waals surface area (Å²) in [7, 11) is 0. The third-order valence-electron chi connectivity index (χ3n) is 7.05. The largest absolute Gasteiger partial charge is 0.481 e. The molecule has 7 heteroatoms. The van der Waals surface area contributed by atoms with Crippen molar-refractivity contribution >= 4 is 18.0 Å². The van der Waals surface area contributed by atoms with Crippen molar-refractivity contribution in [2.45, 2.75) is 57.4 Å². The molecule has 1 aliphatic heterocycles. The molecule has 4 rings (SSSR count). The lowest BCUT2D eigenvalue weighted by Crippen LogP contribution is -2.49. The van der Waals surface area contributed by atoms with E-state index < -0.39 is 12.1 Å². The number of carboxylic acid groups (broad SMARTS) is 1. The number of fused-ring (bicyclic) bond motifs is 3. The second kappa shape index (κ2) is 11.4. The molecular weight excluding hydrogens is 444 g/mol. The van der Waals surface area contributed by atoms with Gasteiger partial charge in [0.05, 0.1) is 0 Å². The van der Waals surface area contributed by atoms with Crippen LogP contribution in [-0.4, -0.2) is 53.7 Å². The molecule has 35 heavy (non-hydrogen) atoms. The molecule has 1 heterocycles. The van der Waals surface area contributed by atoms with Crippen LogP contribution >= 0.6 is 0 Å². The van der Waals surface area contributed by atoms with Crippen LogP contribution in [0.5, 0.6) is 0 Å². The van der Waals surface area contributed by atoms with Crippen LogP contribution in [0.1, 0.15) is 62.5 Å². The number of carboxylic acids is 1. The Morgan fingerprint density at radius 3 is 2.26 bits per heavy atom. The Morgan fingerprint density at radius 1 is 1.00 bits per heavy atom. The molecule has 1 atom stereocenters. The second-order valence-corrected chi connectivity index (χ2v) is 9.71. The molecule has 2 aliphatic rings. The van der Waals surface area contributed by atoms with Crippen LogP contribution in [0.4, 0.5) is 4.79 Å². The summed E-state index contributed by atoms with van der Waals surface area (Å²) in [4.78, 5) is 37.2. The lowest BCUT2D eigenvalue weighted by Gasteiger charge is -2.39. The maximum Gasteiger partial charge on any atom is 0.407 e.